The molecule has 0 atom stereocenters. The topological polar surface area (TPSA) is 39.9 Å². The molecule has 2 aromatic rings. The van der Waals surface area contributed by atoms with Crippen LogP contribution in [-0.2, 0) is 11.8 Å². The van der Waals surface area contributed by atoms with Crippen LogP contribution in [0.2, 0.25) is 0 Å². The van der Waals surface area contributed by atoms with E-state index in [0.717, 1.165) is 28.2 Å². The van der Waals surface area contributed by atoms with Crippen LogP contribution in [0.3, 0.4) is 0 Å². The van der Waals surface area contributed by atoms with Crippen molar-refractivity contribution in [1.29, 1.82) is 0 Å². The molecular weight excluding hydrogens is 290 g/mol. The Morgan fingerprint density at radius 3 is 2.90 bits per heavy atom. The maximum absolute atomic E-state index is 5.93. The number of aromatic nitrogens is 3. The lowest BCUT2D eigenvalue weighted by molar-refractivity contribution is -0.0758. The van der Waals surface area contributed by atoms with Gasteiger partial charge in [0.2, 0.25) is 0 Å². The van der Waals surface area contributed by atoms with Crippen molar-refractivity contribution in [2.45, 2.75) is 36.9 Å². The Bertz CT molecular complexity index is 561. The lowest BCUT2D eigenvalue weighted by Crippen LogP contribution is -2.42. The molecule has 0 aromatic carbocycles. The van der Waals surface area contributed by atoms with Crippen LogP contribution in [0.1, 0.15) is 26.2 Å². The second kappa shape index (κ2) is 5.87. The first-order valence-electron chi connectivity index (χ1n) is 6.94. The molecule has 108 valence electrons. The van der Waals surface area contributed by atoms with Crippen LogP contribution in [0.25, 0.3) is 10.7 Å². The summed E-state index contributed by atoms with van der Waals surface area (Å²) in [6.45, 7) is 2.86. The predicted octanol–water partition coefficient (Wildman–Crippen LogP) is 3.59. The minimum atomic E-state index is 0.0778. The van der Waals surface area contributed by atoms with Crippen molar-refractivity contribution in [1.82, 2.24) is 14.8 Å². The maximum atomic E-state index is 5.93. The van der Waals surface area contributed by atoms with Gasteiger partial charge in [-0.15, -0.1) is 21.5 Å². The first-order valence-corrected chi connectivity index (χ1v) is 8.81. The van der Waals surface area contributed by atoms with Gasteiger partial charge in [-0.1, -0.05) is 17.8 Å². The van der Waals surface area contributed by atoms with Crippen molar-refractivity contribution in [3.63, 3.8) is 0 Å². The van der Waals surface area contributed by atoms with E-state index in [-0.39, 0.29) is 5.60 Å². The van der Waals surface area contributed by atoms with Crippen LogP contribution in [0.4, 0.5) is 0 Å². The van der Waals surface area contributed by atoms with E-state index >= 15 is 0 Å². The van der Waals surface area contributed by atoms with Gasteiger partial charge in [0, 0.05) is 19.4 Å². The number of thioether (sulfide) groups is 1. The number of hydrogen-bond donors (Lipinski definition) is 0. The lowest BCUT2D eigenvalue weighted by atomic mass is 9.82. The highest BCUT2D eigenvalue weighted by Crippen LogP contribution is 2.40. The molecule has 0 radical (unpaired) electrons. The summed E-state index contributed by atoms with van der Waals surface area (Å²) >= 11 is 3.45. The van der Waals surface area contributed by atoms with E-state index in [1.807, 2.05) is 13.1 Å². The van der Waals surface area contributed by atoms with Crippen LogP contribution in [0.15, 0.2) is 22.7 Å². The van der Waals surface area contributed by atoms with E-state index < -0.39 is 0 Å². The maximum Gasteiger partial charge on any atom is 0.191 e. The second-order valence-electron chi connectivity index (χ2n) is 5.10. The molecule has 0 saturated heterocycles. The molecule has 4 nitrogen and oxygen atoms in total. The Kier molecular flexibility index (Phi) is 4.14. The molecule has 3 rings (SSSR count). The third-order valence-electron chi connectivity index (χ3n) is 3.76. The molecule has 1 aliphatic carbocycles. The third kappa shape index (κ3) is 2.64. The fraction of sp³-hybridized carbons (Fsp3) is 0.571. The SMILES string of the molecule is CCOC1(CSc2nnc(-c3cccs3)n2C)CCC1. The molecule has 1 fully saturated rings. The summed E-state index contributed by atoms with van der Waals surface area (Å²) in [5.74, 6) is 1.92. The largest absolute Gasteiger partial charge is 0.374 e. The number of nitrogens with zero attached hydrogens (tertiary/aromatic N) is 3. The highest BCUT2D eigenvalue weighted by atomic mass is 32.2. The summed E-state index contributed by atoms with van der Waals surface area (Å²) in [4.78, 5) is 1.16. The third-order valence-corrected chi connectivity index (χ3v) is 5.91. The smallest absolute Gasteiger partial charge is 0.191 e. The summed E-state index contributed by atoms with van der Waals surface area (Å²) < 4.78 is 8.01. The minimum absolute atomic E-state index is 0.0778. The highest BCUT2D eigenvalue weighted by Gasteiger charge is 2.38. The predicted molar refractivity (Wildman–Crippen MR) is 83.2 cm³/mol. The molecule has 0 N–H and O–H groups in total. The van der Waals surface area contributed by atoms with Gasteiger partial charge in [-0.25, -0.2) is 0 Å². The highest BCUT2D eigenvalue weighted by molar-refractivity contribution is 7.99. The van der Waals surface area contributed by atoms with Gasteiger partial charge in [-0.2, -0.15) is 0 Å². The zero-order valence-corrected chi connectivity index (χ0v) is 13.5. The Labute approximate surface area is 127 Å². The van der Waals surface area contributed by atoms with E-state index in [0.29, 0.717) is 0 Å². The molecule has 0 amide bonds. The average molecular weight is 309 g/mol. The minimum Gasteiger partial charge on any atom is -0.374 e. The van der Waals surface area contributed by atoms with E-state index in [1.165, 1.54) is 19.3 Å². The average Bonchev–Trinajstić information content (AvgIpc) is 3.02. The molecule has 20 heavy (non-hydrogen) atoms. The summed E-state index contributed by atoms with van der Waals surface area (Å²) in [6, 6.07) is 4.12. The molecule has 0 unspecified atom stereocenters. The van der Waals surface area contributed by atoms with Gasteiger partial charge in [0.15, 0.2) is 11.0 Å². The Morgan fingerprint density at radius 2 is 2.30 bits per heavy atom. The Balaban J connectivity index is 1.69. The van der Waals surface area contributed by atoms with E-state index in [4.69, 9.17) is 4.74 Å². The van der Waals surface area contributed by atoms with Gasteiger partial charge in [-0.05, 0) is 37.6 Å². The molecule has 2 aromatic heterocycles. The standard InChI is InChI=1S/C14H19N3OS2/c1-3-18-14(7-5-8-14)10-20-13-16-15-12(17(13)2)11-6-4-9-19-11/h4,6,9H,3,5,7-8,10H2,1-2H3. The quantitative estimate of drug-likeness (QED) is 0.765. The molecule has 1 saturated carbocycles. The Morgan fingerprint density at radius 1 is 1.45 bits per heavy atom. The fourth-order valence-corrected chi connectivity index (χ4v) is 4.35. The number of rotatable bonds is 6. The van der Waals surface area contributed by atoms with Gasteiger partial charge in [-0.3, -0.25) is 0 Å². The van der Waals surface area contributed by atoms with Crippen molar-refractivity contribution < 1.29 is 4.74 Å². The summed E-state index contributed by atoms with van der Waals surface area (Å²) in [5.41, 5.74) is 0.0778. The molecule has 1 aliphatic rings. The van der Waals surface area contributed by atoms with E-state index in [1.54, 1.807) is 23.1 Å². The molecule has 0 spiro atoms. The molecule has 2 heterocycles. The van der Waals surface area contributed by atoms with Gasteiger partial charge < -0.3 is 9.30 Å². The molecule has 6 heteroatoms. The molecule has 0 bridgehead atoms. The second-order valence-corrected chi connectivity index (χ2v) is 6.99. The normalized spacial score (nSPS) is 17.1. The van der Waals surface area contributed by atoms with Crippen LogP contribution in [0.5, 0.6) is 0 Å². The van der Waals surface area contributed by atoms with Crippen molar-refractivity contribution in [2.24, 2.45) is 7.05 Å². The summed E-state index contributed by atoms with van der Waals surface area (Å²) in [6.07, 6.45) is 3.62. The van der Waals surface area contributed by atoms with Crippen molar-refractivity contribution in [3.05, 3.63) is 17.5 Å². The zero-order valence-electron chi connectivity index (χ0n) is 11.8. The van der Waals surface area contributed by atoms with E-state index in [9.17, 15) is 0 Å². The van der Waals surface area contributed by atoms with Crippen LogP contribution in [0, 0.1) is 0 Å². The first kappa shape index (κ1) is 14.1. The van der Waals surface area contributed by atoms with Crippen molar-refractivity contribution >= 4 is 23.1 Å². The van der Waals surface area contributed by atoms with Crippen molar-refractivity contribution in [3.8, 4) is 10.7 Å². The monoisotopic (exact) mass is 309 g/mol. The van der Waals surface area contributed by atoms with Crippen LogP contribution < -0.4 is 0 Å². The number of thiophene rings is 1. The van der Waals surface area contributed by atoms with Crippen LogP contribution in [-0.4, -0.2) is 32.7 Å². The van der Waals surface area contributed by atoms with Gasteiger partial charge in [0.1, 0.15) is 0 Å². The lowest BCUT2D eigenvalue weighted by Gasteiger charge is -2.41. The van der Waals surface area contributed by atoms with Crippen molar-refractivity contribution in [2.75, 3.05) is 12.4 Å². The summed E-state index contributed by atoms with van der Waals surface area (Å²) in [7, 11) is 2.03. The zero-order chi connectivity index (χ0) is 14.0. The molecular formula is C14H19N3OS2. The Hall–Kier alpha value is -0.850. The van der Waals surface area contributed by atoms with E-state index in [2.05, 4.69) is 33.1 Å². The van der Waals surface area contributed by atoms with Gasteiger partial charge >= 0.3 is 0 Å². The van der Waals surface area contributed by atoms with Gasteiger partial charge in [0.25, 0.3) is 0 Å². The fourth-order valence-electron chi connectivity index (χ4n) is 2.46. The number of ether oxygens (including phenoxy) is 1. The summed E-state index contributed by atoms with van der Waals surface area (Å²) in [5, 5.41) is 11.7. The first-order chi connectivity index (χ1) is 9.74. The van der Waals surface area contributed by atoms with Crippen LogP contribution >= 0.6 is 23.1 Å². The molecule has 0 aliphatic heterocycles. The number of hydrogen-bond acceptors (Lipinski definition) is 5. The van der Waals surface area contributed by atoms with Gasteiger partial charge in [0.05, 0.1) is 10.5 Å².